The third kappa shape index (κ3) is 3.10. The molecular formula is C13H13BrClNS. The van der Waals surface area contributed by atoms with Crippen LogP contribution in [0.5, 0.6) is 0 Å². The molecule has 0 aliphatic heterocycles. The fraction of sp³-hybridized carbons (Fsp3) is 0.231. The highest BCUT2D eigenvalue weighted by molar-refractivity contribution is 9.10. The summed E-state index contributed by atoms with van der Waals surface area (Å²) in [5, 5.41) is 6.22. The van der Waals surface area contributed by atoms with E-state index in [1.54, 1.807) is 11.3 Å². The summed E-state index contributed by atoms with van der Waals surface area (Å²) in [7, 11) is 1.97. The Morgan fingerprint density at radius 2 is 2.18 bits per heavy atom. The molecule has 4 heteroatoms. The van der Waals surface area contributed by atoms with Gasteiger partial charge in [-0.2, -0.15) is 0 Å². The standard InChI is InChI=1S/C13H13BrClNS/c1-16-12(8-9-4-3-7-17-9)10-5-2-6-11(14)13(10)15/h2-7,12,16H,8H2,1H3. The zero-order valence-corrected chi connectivity index (χ0v) is 12.6. The van der Waals surface area contributed by atoms with Crippen LogP contribution in [0.2, 0.25) is 5.02 Å². The summed E-state index contributed by atoms with van der Waals surface area (Å²) in [5.74, 6) is 0. The van der Waals surface area contributed by atoms with Crippen molar-refractivity contribution in [3.63, 3.8) is 0 Å². The molecule has 0 saturated carbocycles. The first kappa shape index (κ1) is 13.1. The lowest BCUT2D eigenvalue weighted by Gasteiger charge is -2.17. The molecule has 2 rings (SSSR count). The second-order valence-electron chi connectivity index (χ2n) is 3.77. The highest BCUT2D eigenvalue weighted by Crippen LogP contribution is 2.32. The maximum Gasteiger partial charge on any atom is 0.0595 e. The van der Waals surface area contributed by atoms with Crippen molar-refractivity contribution in [3.8, 4) is 0 Å². The Hall–Kier alpha value is -0.350. The molecular weight excluding hydrogens is 318 g/mol. The molecule has 1 N–H and O–H groups in total. The highest BCUT2D eigenvalue weighted by atomic mass is 79.9. The Bertz CT molecular complexity index is 484. The van der Waals surface area contributed by atoms with Crippen LogP contribution in [0.25, 0.3) is 0 Å². The van der Waals surface area contributed by atoms with Crippen LogP contribution < -0.4 is 5.32 Å². The van der Waals surface area contributed by atoms with Gasteiger partial charge in [-0.3, -0.25) is 0 Å². The van der Waals surface area contributed by atoms with Gasteiger partial charge in [0.15, 0.2) is 0 Å². The van der Waals surface area contributed by atoms with Crippen LogP contribution in [-0.2, 0) is 6.42 Å². The molecule has 1 nitrogen and oxygen atoms in total. The van der Waals surface area contributed by atoms with Crippen LogP contribution in [0.4, 0.5) is 0 Å². The van der Waals surface area contributed by atoms with Crippen molar-refractivity contribution in [2.75, 3.05) is 7.05 Å². The molecule has 1 aromatic carbocycles. The van der Waals surface area contributed by atoms with Crippen LogP contribution in [0.15, 0.2) is 40.2 Å². The summed E-state index contributed by atoms with van der Waals surface area (Å²) in [4.78, 5) is 1.36. The molecule has 0 fully saturated rings. The van der Waals surface area contributed by atoms with Gasteiger partial charge in [-0.25, -0.2) is 0 Å². The highest BCUT2D eigenvalue weighted by Gasteiger charge is 2.15. The second-order valence-corrected chi connectivity index (χ2v) is 6.03. The first-order valence-electron chi connectivity index (χ1n) is 5.36. The maximum atomic E-state index is 6.32. The smallest absolute Gasteiger partial charge is 0.0595 e. The first-order valence-corrected chi connectivity index (χ1v) is 7.41. The fourth-order valence-corrected chi connectivity index (χ4v) is 3.18. The third-order valence-electron chi connectivity index (χ3n) is 2.69. The zero-order valence-electron chi connectivity index (χ0n) is 9.41. The van der Waals surface area contributed by atoms with Crippen LogP contribution in [0, 0.1) is 0 Å². The summed E-state index contributed by atoms with van der Waals surface area (Å²) in [6.45, 7) is 0. The monoisotopic (exact) mass is 329 g/mol. The molecule has 1 unspecified atom stereocenters. The minimum Gasteiger partial charge on any atom is -0.313 e. The Morgan fingerprint density at radius 3 is 2.82 bits per heavy atom. The van der Waals surface area contributed by atoms with Gasteiger partial charge in [0.2, 0.25) is 0 Å². The summed E-state index contributed by atoms with van der Waals surface area (Å²) >= 11 is 11.6. The van der Waals surface area contributed by atoms with Gasteiger partial charge < -0.3 is 5.32 Å². The number of hydrogen-bond donors (Lipinski definition) is 1. The van der Waals surface area contributed by atoms with E-state index in [0.29, 0.717) is 0 Å². The van der Waals surface area contributed by atoms with Gasteiger partial charge in [0.1, 0.15) is 0 Å². The van der Waals surface area contributed by atoms with Gasteiger partial charge in [-0.15, -0.1) is 11.3 Å². The van der Waals surface area contributed by atoms with E-state index in [9.17, 15) is 0 Å². The normalized spacial score (nSPS) is 12.6. The van der Waals surface area contributed by atoms with E-state index in [-0.39, 0.29) is 6.04 Å². The molecule has 0 aliphatic carbocycles. The Kier molecular flexibility index (Phi) is 4.62. The topological polar surface area (TPSA) is 12.0 Å². The molecule has 1 heterocycles. The molecule has 1 aromatic heterocycles. The van der Waals surface area contributed by atoms with Crippen molar-refractivity contribution in [3.05, 3.63) is 55.6 Å². The SMILES string of the molecule is CNC(Cc1cccs1)c1cccc(Br)c1Cl. The summed E-state index contributed by atoms with van der Waals surface area (Å²) in [5.41, 5.74) is 1.14. The van der Waals surface area contributed by atoms with E-state index in [4.69, 9.17) is 11.6 Å². The Labute approximate surface area is 119 Å². The molecule has 0 spiro atoms. The lowest BCUT2D eigenvalue weighted by Crippen LogP contribution is -2.18. The van der Waals surface area contributed by atoms with E-state index >= 15 is 0 Å². The lowest BCUT2D eigenvalue weighted by molar-refractivity contribution is 0.596. The van der Waals surface area contributed by atoms with Crippen LogP contribution in [0.1, 0.15) is 16.5 Å². The van der Waals surface area contributed by atoms with E-state index in [1.165, 1.54) is 4.88 Å². The van der Waals surface area contributed by atoms with Crippen LogP contribution >= 0.6 is 38.9 Å². The molecule has 1 atom stereocenters. The van der Waals surface area contributed by atoms with Gasteiger partial charge >= 0.3 is 0 Å². The Morgan fingerprint density at radius 1 is 1.35 bits per heavy atom. The average Bonchev–Trinajstić information content (AvgIpc) is 2.83. The van der Waals surface area contributed by atoms with Crippen molar-refractivity contribution in [1.82, 2.24) is 5.32 Å². The fourth-order valence-electron chi connectivity index (χ4n) is 1.79. The van der Waals surface area contributed by atoms with Gasteiger partial charge in [0.25, 0.3) is 0 Å². The van der Waals surface area contributed by atoms with E-state index < -0.39 is 0 Å². The van der Waals surface area contributed by atoms with Gasteiger partial charge in [-0.05, 0) is 46.1 Å². The zero-order chi connectivity index (χ0) is 12.3. The van der Waals surface area contributed by atoms with Gasteiger partial charge in [0.05, 0.1) is 5.02 Å². The summed E-state index contributed by atoms with van der Waals surface area (Å²) < 4.78 is 0.947. The van der Waals surface area contributed by atoms with Crippen molar-refractivity contribution in [2.45, 2.75) is 12.5 Å². The number of halogens is 2. The van der Waals surface area contributed by atoms with E-state index in [0.717, 1.165) is 21.5 Å². The van der Waals surface area contributed by atoms with Crippen molar-refractivity contribution in [2.24, 2.45) is 0 Å². The number of rotatable bonds is 4. The van der Waals surface area contributed by atoms with Crippen LogP contribution in [0.3, 0.4) is 0 Å². The maximum absolute atomic E-state index is 6.32. The predicted molar refractivity (Wildman–Crippen MR) is 79.0 cm³/mol. The quantitative estimate of drug-likeness (QED) is 0.859. The van der Waals surface area contributed by atoms with Crippen molar-refractivity contribution in [1.29, 1.82) is 0 Å². The van der Waals surface area contributed by atoms with Crippen LogP contribution in [-0.4, -0.2) is 7.05 Å². The second kappa shape index (κ2) is 6.01. The Balaban J connectivity index is 2.26. The molecule has 0 radical (unpaired) electrons. The van der Waals surface area contributed by atoms with Crippen molar-refractivity contribution >= 4 is 38.9 Å². The summed E-state index contributed by atoms with van der Waals surface area (Å²) in [6.07, 6.45) is 0.963. The molecule has 2 aromatic rings. The molecule has 0 bridgehead atoms. The molecule has 0 amide bonds. The first-order chi connectivity index (χ1) is 8.22. The number of hydrogen-bond acceptors (Lipinski definition) is 2. The number of thiophene rings is 1. The number of benzene rings is 1. The molecule has 17 heavy (non-hydrogen) atoms. The minimum atomic E-state index is 0.249. The molecule has 90 valence electrons. The minimum absolute atomic E-state index is 0.249. The van der Waals surface area contributed by atoms with Gasteiger partial charge in [0, 0.05) is 21.8 Å². The molecule has 0 aliphatic rings. The number of likely N-dealkylation sites (N-methyl/N-ethyl adjacent to an activating group) is 1. The summed E-state index contributed by atoms with van der Waals surface area (Å²) in [6, 6.07) is 10.5. The molecule has 0 saturated heterocycles. The average molecular weight is 331 g/mol. The van der Waals surface area contributed by atoms with Crippen molar-refractivity contribution < 1.29 is 0 Å². The lowest BCUT2D eigenvalue weighted by atomic mass is 10.0. The number of nitrogens with one attached hydrogen (secondary N) is 1. The van der Waals surface area contributed by atoms with E-state index in [2.05, 4.69) is 44.8 Å². The largest absolute Gasteiger partial charge is 0.313 e. The third-order valence-corrected chi connectivity index (χ3v) is 4.90. The predicted octanol–water partition coefficient (Wildman–Crippen LogP) is 4.67. The van der Waals surface area contributed by atoms with E-state index in [1.807, 2.05) is 19.2 Å². The van der Waals surface area contributed by atoms with Gasteiger partial charge in [-0.1, -0.05) is 29.8 Å².